The predicted octanol–water partition coefficient (Wildman–Crippen LogP) is 2.55. The lowest BCUT2D eigenvalue weighted by atomic mass is 10.1. The zero-order valence-electron chi connectivity index (χ0n) is 10.7. The molecule has 0 aliphatic rings. The Labute approximate surface area is 124 Å². The van der Waals surface area contributed by atoms with Crippen LogP contribution in [0.5, 0.6) is 5.75 Å². The van der Waals surface area contributed by atoms with E-state index in [1.165, 1.54) is 13.4 Å². The monoisotopic (exact) mass is 337 g/mol. The van der Waals surface area contributed by atoms with Crippen molar-refractivity contribution in [2.45, 2.75) is 6.54 Å². The second-order valence-electron chi connectivity index (χ2n) is 3.94. The van der Waals surface area contributed by atoms with Crippen molar-refractivity contribution < 1.29 is 18.7 Å². The van der Waals surface area contributed by atoms with Gasteiger partial charge in [0, 0.05) is 4.47 Å². The van der Waals surface area contributed by atoms with Crippen molar-refractivity contribution >= 4 is 27.6 Å². The number of Topliss-reactive ketones (excluding diaryl/α,β-unsaturated/α-hetero) is 1. The highest BCUT2D eigenvalue weighted by Gasteiger charge is 2.20. The van der Waals surface area contributed by atoms with Gasteiger partial charge in [-0.2, -0.15) is 0 Å². The van der Waals surface area contributed by atoms with Gasteiger partial charge in [0.2, 0.25) is 0 Å². The molecule has 5 nitrogen and oxygen atoms in total. The molecule has 0 atom stereocenters. The summed E-state index contributed by atoms with van der Waals surface area (Å²) < 4.78 is 10.9. The van der Waals surface area contributed by atoms with Crippen molar-refractivity contribution in [3.05, 3.63) is 52.4 Å². The average Bonchev–Trinajstić information content (AvgIpc) is 2.97. The van der Waals surface area contributed by atoms with E-state index in [0.29, 0.717) is 16.0 Å². The summed E-state index contributed by atoms with van der Waals surface area (Å²) in [6.07, 6.45) is 1.50. The Morgan fingerprint density at radius 2 is 2.15 bits per heavy atom. The largest absolute Gasteiger partial charge is 0.496 e. The molecule has 0 saturated heterocycles. The fourth-order valence-corrected chi connectivity index (χ4v) is 2.00. The number of methoxy groups -OCH3 is 1. The number of benzene rings is 1. The minimum Gasteiger partial charge on any atom is -0.496 e. The highest BCUT2D eigenvalue weighted by Crippen LogP contribution is 2.23. The van der Waals surface area contributed by atoms with Crippen LogP contribution in [0.25, 0.3) is 0 Å². The maximum atomic E-state index is 12.1. The molecule has 0 bridgehead atoms. The molecule has 2 aromatic rings. The van der Waals surface area contributed by atoms with E-state index in [9.17, 15) is 9.59 Å². The first-order chi connectivity index (χ1) is 9.61. The van der Waals surface area contributed by atoms with E-state index in [-0.39, 0.29) is 12.1 Å². The number of hydrogen-bond donors (Lipinski definition) is 1. The number of nitrogens with one attached hydrogen (secondary N) is 1. The molecule has 1 heterocycles. The number of carbonyl (C=O) groups is 2. The predicted molar refractivity (Wildman–Crippen MR) is 75.6 cm³/mol. The number of hydrogen-bond acceptors (Lipinski definition) is 4. The molecule has 0 radical (unpaired) electrons. The molecule has 0 fully saturated rings. The lowest BCUT2D eigenvalue weighted by molar-refractivity contribution is -0.117. The van der Waals surface area contributed by atoms with Gasteiger partial charge >= 0.3 is 0 Å². The lowest BCUT2D eigenvalue weighted by Crippen LogP contribution is -2.30. The third-order valence-electron chi connectivity index (χ3n) is 2.62. The number of furan rings is 1. The van der Waals surface area contributed by atoms with Gasteiger partial charge < -0.3 is 14.5 Å². The summed E-state index contributed by atoms with van der Waals surface area (Å²) in [6.45, 7) is 0.161. The Morgan fingerprint density at radius 3 is 2.80 bits per heavy atom. The van der Waals surface area contributed by atoms with Gasteiger partial charge in [0.1, 0.15) is 11.5 Å². The van der Waals surface area contributed by atoms with Crippen molar-refractivity contribution in [2.24, 2.45) is 0 Å². The van der Waals surface area contributed by atoms with E-state index in [1.54, 1.807) is 30.3 Å². The summed E-state index contributed by atoms with van der Waals surface area (Å²) in [6, 6.07) is 8.33. The van der Waals surface area contributed by atoms with Crippen LogP contribution in [0.3, 0.4) is 0 Å². The Hall–Kier alpha value is -2.08. The number of rotatable bonds is 5. The maximum Gasteiger partial charge on any atom is 0.292 e. The van der Waals surface area contributed by atoms with Crippen LogP contribution in [-0.4, -0.2) is 18.8 Å². The van der Waals surface area contributed by atoms with Gasteiger partial charge in [0.05, 0.1) is 25.5 Å². The van der Waals surface area contributed by atoms with Gasteiger partial charge in [-0.1, -0.05) is 15.9 Å². The molecule has 0 saturated carbocycles. The van der Waals surface area contributed by atoms with Crippen LogP contribution in [0.4, 0.5) is 0 Å². The van der Waals surface area contributed by atoms with Gasteiger partial charge in [-0.3, -0.25) is 9.59 Å². The Morgan fingerprint density at radius 1 is 1.35 bits per heavy atom. The van der Waals surface area contributed by atoms with Crippen LogP contribution in [0.15, 0.2) is 45.5 Å². The average molecular weight is 338 g/mol. The van der Waals surface area contributed by atoms with Crippen molar-refractivity contribution in [3.8, 4) is 5.75 Å². The molecule has 1 aromatic heterocycles. The number of amides is 1. The lowest BCUT2D eigenvalue weighted by Gasteiger charge is -2.08. The molecule has 0 aliphatic carbocycles. The zero-order chi connectivity index (χ0) is 14.5. The third kappa shape index (κ3) is 3.27. The first-order valence-electron chi connectivity index (χ1n) is 5.80. The third-order valence-corrected chi connectivity index (χ3v) is 3.11. The second kappa shape index (κ2) is 6.38. The Balaban J connectivity index is 2.10. The summed E-state index contributed by atoms with van der Waals surface area (Å²) in [5, 5.41) is 2.50. The van der Waals surface area contributed by atoms with Crippen LogP contribution >= 0.6 is 15.9 Å². The SMILES string of the molecule is COc1ccc(Br)cc1C(=O)C(=O)NCc1ccco1. The fourth-order valence-electron chi connectivity index (χ4n) is 1.64. The highest BCUT2D eigenvalue weighted by molar-refractivity contribution is 9.10. The van der Waals surface area contributed by atoms with Crippen molar-refractivity contribution in [1.29, 1.82) is 0 Å². The molecule has 0 aliphatic heterocycles. The van der Waals surface area contributed by atoms with E-state index >= 15 is 0 Å². The van der Waals surface area contributed by atoms with Gasteiger partial charge in [0.25, 0.3) is 11.7 Å². The van der Waals surface area contributed by atoms with E-state index in [2.05, 4.69) is 21.2 Å². The van der Waals surface area contributed by atoms with E-state index in [1.807, 2.05) is 0 Å². The molecule has 6 heteroatoms. The molecule has 1 N–H and O–H groups in total. The van der Waals surface area contributed by atoms with Crippen molar-refractivity contribution in [1.82, 2.24) is 5.32 Å². The number of ether oxygens (including phenoxy) is 1. The Kier molecular flexibility index (Phi) is 4.57. The van der Waals surface area contributed by atoms with Crippen LogP contribution in [0.2, 0.25) is 0 Å². The van der Waals surface area contributed by atoms with Crippen LogP contribution < -0.4 is 10.1 Å². The first kappa shape index (κ1) is 14.3. The maximum absolute atomic E-state index is 12.1. The molecule has 20 heavy (non-hydrogen) atoms. The van der Waals surface area contributed by atoms with E-state index in [4.69, 9.17) is 9.15 Å². The molecule has 0 spiro atoms. The number of ketones is 1. The van der Waals surface area contributed by atoms with Gasteiger partial charge in [0.15, 0.2) is 0 Å². The van der Waals surface area contributed by atoms with Gasteiger partial charge in [-0.15, -0.1) is 0 Å². The van der Waals surface area contributed by atoms with Crippen LogP contribution in [0, 0.1) is 0 Å². The highest BCUT2D eigenvalue weighted by atomic mass is 79.9. The summed E-state index contributed by atoms with van der Waals surface area (Å²) >= 11 is 3.26. The summed E-state index contributed by atoms with van der Waals surface area (Å²) in [5.74, 6) is -0.439. The van der Waals surface area contributed by atoms with Crippen LogP contribution in [-0.2, 0) is 11.3 Å². The van der Waals surface area contributed by atoms with Gasteiger partial charge in [-0.25, -0.2) is 0 Å². The molecule has 2 rings (SSSR count). The molecular formula is C14H12BrNO4. The Bertz CT molecular complexity index is 622. The van der Waals surface area contributed by atoms with Crippen molar-refractivity contribution in [3.63, 3.8) is 0 Å². The molecule has 0 unspecified atom stereocenters. The minimum absolute atomic E-state index is 0.161. The van der Waals surface area contributed by atoms with E-state index < -0.39 is 11.7 Å². The van der Waals surface area contributed by atoms with E-state index in [0.717, 1.165) is 0 Å². The normalized spacial score (nSPS) is 10.1. The van der Waals surface area contributed by atoms with Gasteiger partial charge in [-0.05, 0) is 30.3 Å². The standard InChI is InChI=1S/C14H12BrNO4/c1-19-12-5-4-9(15)7-11(12)13(17)14(18)16-8-10-3-2-6-20-10/h2-7H,8H2,1H3,(H,16,18). The van der Waals surface area contributed by atoms with Crippen LogP contribution in [0.1, 0.15) is 16.1 Å². The number of halogens is 1. The smallest absolute Gasteiger partial charge is 0.292 e. The summed E-state index contributed by atoms with van der Waals surface area (Å²) in [4.78, 5) is 23.9. The first-order valence-corrected chi connectivity index (χ1v) is 6.59. The fraction of sp³-hybridized carbons (Fsp3) is 0.143. The molecular weight excluding hydrogens is 326 g/mol. The number of carbonyl (C=O) groups excluding carboxylic acids is 2. The minimum atomic E-state index is -0.710. The molecule has 1 aromatic carbocycles. The quantitative estimate of drug-likeness (QED) is 0.672. The van der Waals surface area contributed by atoms with Crippen molar-refractivity contribution in [2.75, 3.05) is 7.11 Å². The summed E-state index contributed by atoms with van der Waals surface area (Å²) in [7, 11) is 1.45. The summed E-state index contributed by atoms with van der Waals surface area (Å²) in [5.41, 5.74) is 0.207. The topological polar surface area (TPSA) is 68.5 Å². The molecule has 1 amide bonds. The molecule has 104 valence electrons. The zero-order valence-corrected chi connectivity index (χ0v) is 12.3. The second-order valence-corrected chi connectivity index (χ2v) is 4.85.